The van der Waals surface area contributed by atoms with Gasteiger partial charge in [0.05, 0.1) is 17.9 Å². The number of hydrogen-bond acceptors (Lipinski definition) is 4. The third kappa shape index (κ3) is 3.48. The molecule has 0 aliphatic heterocycles. The molecule has 118 valence electrons. The lowest BCUT2D eigenvalue weighted by Gasteiger charge is -2.02. The van der Waals surface area contributed by atoms with Gasteiger partial charge in [-0.15, -0.1) is 0 Å². The fourth-order valence-electron chi connectivity index (χ4n) is 2.13. The molecule has 1 aromatic carbocycles. The smallest absolute Gasteiger partial charge is 0.356 e. The van der Waals surface area contributed by atoms with Gasteiger partial charge < -0.3 is 9.84 Å². The molecule has 1 aromatic heterocycles. The van der Waals surface area contributed by atoms with Gasteiger partial charge in [0.25, 0.3) is 5.56 Å². The summed E-state index contributed by atoms with van der Waals surface area (Å²) in [6.45, 7) is 1.88. The number of benzene rings is 1. The highest BCUT2D eigenvalue weighted by molar-refractivity contribution is 9.10. The number of hydrogen-bond donors (Lipinski definition) is 2. The minimum absolute atomic E-state index is 0.0518. The highest BCUT2D eigenvalue weighted by Crippen LogP contribution is 2.15. The summed E-state index contributed by atoms with van der Waals surface area (Å²) in [6.07, 6.45) is 0.707. The molecular formula is C15H17BrN2O4. The standard InChI is InChI=1S/C15H17BrN2O4/c1-2-22-15(21)13-12(7-4-8-19)14(20)18(17-13)11-6-3-5-10(16)9-11/h3,5-6,9,17,19H,2,4,7-8H2,1H3. The molecule has 2 rings (SSSR count). The van der Waals surface area contributed by atoms with Crippen molar-refractivity contribution in [3.05, 3.63) is 50.3 Å². The average Bonchev–Trinajstić information content (AvgIpc) is 2.82. The molecule has 6 nitrogen and oxygen atoms in total. The largest absolute Gasteiger partial charge is 0.461 e. The van der Waals surface area contributed by atoms with Gasteiger partial charge >= 0.3 is 5.97 Å². The lowest BCUT2D eigenvalue weighted by molar-refractivity contribution is 0.0517. The lowest BCUT2D eigenvalue weighted by atomic mass is 10.1. The van der Waals surface area contributed by atoms with Crippen molar-refractivity contribution >= 4 is 21.9 Å². The van der Waals surface area contributed by atoms with Gasteiger partial charge in [0, 0.05) is 11.1 Å². The van der Waals surface area contributed by atoms with Gasteiger partial charge in [-0.25, -0.2) is 9.48 Å². The predicted octanol–water partition coefficient (Wildman–Crippen LogP) is 2.03. The second kappa shape index (κ2) is 7.42. The van der Waals surface area contributed by atoms with E-state index in [1.165, 1.54) is 4.68 Å². The minimum Gasteiger partial charge on any atom is -0.461 e. The van der Waals surface area contributed by atoms with Crippen LogP contribution in [0.4, 0.5) is 0 Å². The number of nitrogens with one attached hydrogen (secondary N) is 1. The van der Waals surface area contributed by atoms with E-state index >= 15 is 0 Å². The number of carbonyl (C=O) groups excluding carboxylic acids is 1. The van der Waals surface area contributed by atoms with Gasteiger partial charge in [0.15, 0.2) is 0 Å². The number of H-pyrrole nitrogens is 1. The zero-order chi connectivity index (χ0) is 16.1. The number of aromatic amines is 1. The third-order valence-corrected chi connectivity index (χ3v) is 3.61. The quantitative estimate of drug-likeness (QED) is 0.764. The van der Waals surface area contributed by atoms with Crippen molar-refractivity contribution in [2.24, 2.45) is 0 Å². The molecule has 0 bridgehead atoms. The molecule has 0 radical (unpaired) electrons. The molecular weight excluding hydrogens is 352 g/mol. The minimum atomic E-state index is -0.568. The summed E-state index contributed by atoms with van der Waals surface area (Å²) in [4.78, 5) is 24.6. The Kier molecular flexibility index (Phi) is 5.57. The molecule has 7 heteroatoms. The van der Waals surface area contributed by atoms with Gasteiger partial charge in [0.2, 0.25) is 0 Å². The van der Waals surface area contributed by atoms with E-state index in [1.54, 1.807) is 25.1 Å². The fourth-order valence-corrected chi connectivity index (χ4v) is 2.52. The summed E-state index contributed by atoms with van der Waals surface area (Å²) < 4.78 is 7.11. The van der Waals surface area contributed by atoms with Gasteiger partial charge in [-0.1, -0.05) is 22.0 Å². The van der Waals surface area contributed by atoms with Crippen LogP contribution < -0.4 is 5.56 Å². The molecule has 0 unspecified atom stereocenters. The van der Waals surface area contributed by atoms with Crippen molar-refractivity contribution in [3.63, 3.8) is 0 Å². The summed E-state index contributed by atoms with van der Waals surface area (Å²) in [5, 5.41) is 11.8. The molecule has 22 heavy (non-hydrogen) atoms. The Bertz CT molecular complexity index is 721. The number of halogens is 1. The van der Waals surface area contributed by atoms with Crippen LogP contribution in [0, 0.1) is 0 Å². The van der Waals surface area contributed by atoms with E-state index in [0.717, 1.165) is 4.47 Å². The highest BCUT2D eigenvalue weighted by Gasteiger charge is 2.21. The fraction of sp³-hybridized carbons (Fsp3) is 0.333. The Labute approximate surface area is 135 Å². The summed E-state index contributed by atoms with van der Waals surface area (Å²) in [7, 11) is 0. The van der Waals surface area contributed by atoms with E-state index in [2.05, 4.69) is 21.0 Å². The van der Waals surface area contributed by atoms with E-state index in [0.29, 0.717) is 24.1 Å². The number of rotatable bonds is 6. The lowest BCUT2D eigenvalue weighted by Crippen LogP contribution is -2.18. The zero-order valence-corrected chi connectivity index (χ0v) is 13.7. The van der Waals surface area contributed by atoms with Gasteiger partial charge in [-0.3, -0.25) is 9.89 Å². The maximum absolute atomic E-state index is 12.5. The number of ether oxygens (including phenoxy) is 1. The van der Waals surface area contributed by atoms with E-state index in [1.807, 2.05) is 6.07 Å². The Balaban J connectivity index is 2.52. The second-order valence-electron chi connectivity index (χ2n) is 4.63. The van der Waals surface area contributed by atoms with E-state index < -0.39 is 5.97 Å². The Morgan fingerprint density at radius 1 is 1.45 bits per heavy atom. The number of aliphatic hydroxyl groups is 1. The van der Waals surface area contributed by atoms with Crippen LogP contribution in [0.25, 0.3) is 5.69 Å². The molecule has 2 N–H and O–H groups in total. The number of aliphatic hydroxyl groups excluding tert-OH is 1. The monoisotopic (exact) mass is 368 g/mol. The van der Waals surface area contributed by atoms with E-state index in [-0.39, 0.29) is 24.5 Å². The van der Waals surface area contributed by atoms with Crippen LogP contribution >= 0.6 is 15.9 Å². The number of nitrogens with zero attached hydrogens (tertiary/aromatic N) is 1. The maximum Gasteiger partial charge on any atom is 0.356 e. The van der Waals surface area contributed by atoms with Crippen LogP contribution in [0.15, 0.2) is 33.5 Å². The van der Waals surface area contributed by atoms with Crippen molar-refractivity contribution < 1.29 is 14.6 Å². The molecule has 0 fully saturated rings. The van der Waals surface area contributed by atoms with Crippen LogP contribution in [0.3, 0.4) is 0 Å². The molecule has 0 saturated heterocycles. The Hall–Kier alpha value is -1.86. The second-order valence-corrected chi connectivity index (χ2v) is 5.55. The molecule has 0 aliphatic carbocycles. The summed E-state index contributed by atoms with van der Waals surface area (Å²) >= 11 is 3.35. The molecule has 1 heterocycles. The van der Waals surface area contributed by atoms with Crippen molar-refractivity contribution in [2.75, 3.05) is 13.2 Å². The molecule has 2 aromatic rings. The van der Waals surface area contributed by atoms with Crippen molar-refractivity contribution in [2.45, 2.75) is 19.8 Å². The first kappa shape index (κ1) is 16.5. The maximum atomic E-state index is 12.5. The van der Waals surface area contributed by atoms with Crippen molar-refractivity contribution in [1.82, 2.24) is 9.78 Å². The van der Waals surface area contributed by atoms with Crippen LogP contribution in [-0.4, -0.2) is 34.1 Å². The Morgan fingerprint density at radius 3 is 2.86 bits per heavy atom. The predicted molar refractivity (Wildman–Crippen MR) is 85.5 cm³/mol. The van der Waals surface area contributed by atoms with Crippen LogP contribution in [0.5, 0.6) is 0 Å². The summed E-state index contributed by atoms with van der Waals surface area (Å²) in [5.74, 6) is -0.568. The third-order valence-electron chi connectivity index (χ3n) is 3.12. The first-order chi connectivity index (χ1) is 10.6. The number of esters is 1. The Morgan fingerprint density at radius 2 is 2.23 bits per heavy atom. The first-order valence-electron chi connectivity index (χ1n) is 6.96. The van der Waals surface area contributed by atoms with E-state index in [4.69, 9.17) is 9.84 Å². The van der Waals surface area contributed by atoms with Crippen LogP contribution in [0.1, 0.15) is 29.4 Å². The van der Waals surface area contributed by atoms with Gasteiger partial charge in [-0.2, -0.15) is 0 Å². The van der Waals surface area contributed by atoms with E-state index in [9.17, 15) is 9.59 Å². The molecule has 0 saturated carbocycles. The number of carbonyl (C=O) groups is 1. The molecule has 0 aliphatic rings. The average molecular weight is 369 g/mol. The summed E-state index contributed by atoms with van der Waals surface area (Å²) in [5.41, 5.74) is 0.766. The van der Waals surface area contributed by atoms with Gasteiger partial charge in [-0.05, 0) is 38.0 Å². The van der Waals surface area contributed by atoms with Gasteiger partial charge in [0.1, 0.15) is 5.69 Å². The van der Waals surface area contributed by atoms with Crippen LogP contribution in [0.2, 0.25) is 0 Å². The highest BCUT2D eigenvalue weighted by atomic mass is 79.9. The number of aromatic nitrogens is 2. The molecule has 0 amide bonds. The normalized spacial score (nSPS) is 10.7. The van der Waals surface area contributed by atoms with Crippen LogP contribution in [-0.2, 0) is 11.2 Å². The molecule has 0 atom stereocenters. The zero-order valence-electron chi connectivity index (χ0n) is 12.1. The summed E-state index contributed by atoms with van der Waals surface area (Å²) in [6, 6.07) is 7.16. The van der Waals surface area contributed by atoms with Crippen molar-refractivity contribution in [3.8, 4) is 5.69 Å². The SMILES string of the molecule is CCOC(=O)c1[nH]n(-c2cccc(Br)c2)c(=O)c1CCCO. The molecule has 0 spiro atoms. The first-order valence-corrected chi connectivity index (χ1v) is 7.75. The van der Waals surface area contributed by atoms with Crippen molar-refractivity contribution in [1.29, 1.82) is 0 Å². The topological polar surface area (TPSA) is 84.3 Å².